The van der Waals surface area contributed by atoms with Gasteiger partial charge in [0, 0.05) is 17.5 Å². The van der Waals surface area contributed by atoms with Gasteiger partial charge in [-0.1, -0.05) is 0 Å². The first-order valence-corrected chi connectivity index (χ1v) is 6.78. The van der Waals surface area contributed by atoms with E-state index in [1.807, 2.05) is 0 Å². The van der Waals surface area contributed by atoms with Crippen LogP contribution >= 0.6 is 11.3 Å². The summed E-state index contributed by atoms with van der Waals surface area (Å²) in [7, 11) is 1.47. The van der Waals surface area contributed by atoms with E-state index >= 15 is 0 Å². The van der Waals surface area contributed by atoms with E-state index < -0.39 is 11.6 Å². The van der Waals surface area contributed by atoms with Crippen LogP contribution in [0.5, 0.6) is 0 Å². The zero-order chi connectivity index (χ0) is 14.9. The van der Waals surface area contributed by atoms with Crippen LogP contribution in [0.3, 0.4) is 0 Å². The Bertz CT molecular complexity index is 675. The lowest BCUT2D eigenvalue weighted by Gasteiger charge is -2.21. The Hall–Kier alpha value is -1.92. The number of methoxy groups -OCH3 is 1. The van der Waals surface area contributed by atoms with Gasteiger partial charge in [0.25, 0.3) is 5.91 Å². The molecule has 0 fully saturated rings. The lowest BCUT2D eigenvalue weighted by atomic mass is 10.1. The molecule has 6 heteroatoms. The third kappa shape index (κ3) is 2.81. The molecule has 0 saturated carbocycles. The number of carboxylic acids is 1. The lowest BCUT2D eigenvalue weighted by molar-refractivity contribution is -0.133. The standard InChI is InChI=1S/C14H15NO4S/c1-14(2,19-3)13(18)15-9-4-5-10-8(6-9)7-11(20-10)12(16)17/h4-7H,1-3H3,(H,15,18)(H,16,17). The predicted molar refractivity (Wildman–Crippen MR) is 78.5 cm³/mol. The molecule has 0 spiro atoms. The van der Waals surface area contributed by atoms with Crippen LogP contribution in [0.25, 0.3) is 10.1 Å². The summed E-state index contributed by atoms with van der Waals surface area (Å²) in [5.74, 6) is -1.20. The van der Waals surface area contributed by atoms with Gasteiger partial charge in [-0.2, -0.15) is 0 Å². The zero-order valence-electron chi connectivity index (χ0n) is 11.4. The monoisotopic (exact) mass is 293 g/mol. The fourth-order valence-electron chi connectivity index (χ4n) is 1.60. The summed E-state index contributed by atoms with van der Waals surface area (Å²) in [5, 5.41) is 12.5. The number of aromatic carboxylic acids is 1. The molecule has 0 unspecified atom stereocenters. The first-order chi connectivity index (χ1) is 9.33. The Labute approximate surface area is 120 Å². The van der Waals surface area contributed by atoms with E-state index in [0.717, 1.165) is 10.1 Å². The minimum absolute atomic E-state index is 0.256. The molecule has 1 aromatic carbocycles. The molecule has 2 N–H and O–H groups in total. The second-order valence-corrected chi connectivity index (χ2v) is 5.92. The highest BCUT2D eigenvalue weighted by Gasteiger charge is 2.26. The first-order valence-electron chi connectivity index (χ1n) is 5.97. The number of benzene rings is 1. The summed E-state index contributed by atoms with van der Waals surface area (Å²) in [6, 6.07) is 6.89. The van der Waals surface area contributed by atoms with E-state index in [0.29, 0.717) is 5.69 Å². The second kappa shape index (κ2) is 5.22. The maximum atomic E-state index is 12.0. The molecule has 0 bridgehead atoms. The third-order valence-corrected chi connectivity index (χ3v) is 4.15. The Morgan fingerprint density at radius 2 is 2.00 bits per heavy atom. The van der Waals surface area contributed by atoms with E-state index in [2.05, 4.69) is 5.32 Å². The summed E-state index contributed by atoms with van der Waals surface area (Å²) in [4.78, 5) is 23.2. The molecule has 1 aromatic heterocycles. The second-order valence-electron chi connectivity index (χ2n) is 4.84. The number of rotatable bonds is 4. The Kier molecular flexibility index (Phi) is 3.78. The zero-order valence-corrected chi connectivity index (χ0v) is 12.2. The van der Waals surface area contributed by atoms with Gasteiger partial charge in [-0.15, -0.1) is 11.3 Å². The normalized spacial score (nSPS) is 11.6. The highest BCUT2D eigenvalue weighted by Crippen LogP contribution is 2.28. The van der Waals surface area contributed by atoms with Gasteiger partial charge in [0.1, 0.15) is 10.5 Å². The molecule has 0 aliphatic carbocycles. The average Bonchev–Trinajstić information content (AvgIpc) is 2.82. The van der Waals surface area contributed by atoms with Gasteiger partial charge >= 0.3 is 5.97 Å². The molecular formula is C14H15NO4S. The van der Waals surface area contributed by atoms with Crippen molar-refractivity contribution in [2.24, 2.45) is 0 Å². The van der Waals surface area contributed by atoms with Crippen molar-refractivity contribution in [3.8, 4) is 0 Å². The fraction of sp³-hybridized carbons (Fsp3) is 0.286. The number of fused-ring (bicyclic) bond motifs is 1. The quantitative estimate of drug-likeness (QED) is 0.908. The molecule has 0 atom stereocenters. The van der Waals surface area contributed by atoms with E-state index in [4.69, 9.17) is 9.84 Å². The number of thiophene rings is 1. The number of ether oxygens (including phenoxy) is 1. The maximum absolute atomic E-state index is 12.0. The van der Waals surface area contributed by atoms with Gasteiger partial charge < -0.3 is 15.2 Å². The van der Waals surface area contributed by atoms with E-state index in [1.165, 1.54) is 18.4 Å². The molecule has 0 saturated heterocycles. The van der Waals surface area contributed by atoms with Crippen LogP contribution < -0.4 is 5.32 Å². The highest BCUT2D eigenvalue weighted by molar-refractivity contribution is 7.20. The molecule has 20 heavy (non-hydrogen) atoms. The number of amides is 1. The Morgan fingerprint density at radius 3 is 2.60 bits per heavy atom. The number of carbonyl (C=O) groups is 2. The van der Waals surface area contributed by atoms with Gasteiger partial charge in [-0.05, 0) is 43.5 Å². The minimum Gasteiger partial charge on any atom is -0.477 e. The average molecular weight is 293 g/mol. The molecule has 5 nitrogen and oxygen atoms in total. The molecule has 2 aromatic rings. The predicted octanol–water partition coefficient (Wildman–Crippen LogP) is 2.96. The van der Waals surface area contributed by atoms with Crippen molar-refractivity contribution >= 4 is 39.0 Å². The minimum atomic E-state index is -0.947. The van der Waals surface area contributed by atoms with Crippen molar-refractivity contribution in [2.75, 3.05) is 12.4 Å². The van der Waals surface area contributed by atoms with Crippen LogP contribution in [0.15, 0.2) is 24.3 Å². The van der Waals surface area contributed by atoms with Crippen molar-refractivity contribution < 1.29 is 19.4 Å². The number of nitrogens with one attached hydrogen (secondary N) is 1. The molecule has 1 heterocycles. The van der Waals surface area contributed by atoms with Gasteiger partial charge in [-0.25, -0.2) is 4.79 Å². The summed E-state index contributed by atoms with van der Waals surface area (Å²) >= 11 is 1.21. The van der Waals surface area contributed by atoms with Gasteiger partial charge in [0.15, 0.2) is 0 Å². The number of anilines is 1. The van der Waals surface area contributed by atoms with Crippen LogP contribution in [-0.2, 0) is 9.53 Å². The molecule has 0 aliphatic rings. The van der Waals surface area contributed by atoms with Crippen LogP contribution in [0.4, 0.5) is 5.69 Å². The number of hydrogen-bond acceptors (Lipinski definition) is 4. The summed E-state index contributed by atoms with van der Waals surface area (Å²) in [6.45, 7) is 3.35. The number of carboxylic acid groups (broad SMARTS) is 1. The third-order valence-electron chi connectivity index (χ3n) is 3.04. The molecule has 2 rings (SSSR count). The fourth-order valence-corrected chi connectivity index (χ4v) is 2.48. The van der Waals surface area contributed by atoms with Crippen molar-refractivity contribution in [3.05, 3.63) is 29.1 Å². The lowest BCUT2D eigenvalue weighted by Crippen LogP contribution is -2.38. The summed E-state index contributed by atoms with van der Waals surface area (Å²) < 4.78 is 5.97. The Morgan fingerprint density at radius 1 is 1.30 bits per heavy atom. The first kappa shape index (κ1) is 14.5. The van der Waals surface area contributed by atoms with Gasteiger partial charge in [-0.3, -0.25) is 4.79 Å². The van der Waals surface area contributed by atoms with Crippen molar-refractivity contribution in [2.45, 2.75) is 19.4 Å². The van der Waals surface area contributed by atoms with Crippen LogP contribution in [0.2, 0.25) is 0 Å². The molecule has 0 radical (unpaired) electrons. The smallest absolute Gasteiger partial charge is 0.345 e. The molecule has 1 amide bonds. The molecular weight excluding hydrogens is 278 g/mol. The summed E-state index contributed by atoms with van der Waals surface area (Å²) in [6.07, 6.45) is 0. The van der Waals surface area contributed by atoms with Gasteiger partial charge in [0.2, 0.25) is 0 Å². The van der Waals surface area contributed by atoms with Crippen LogP contribution in [0, 0.1) is 0 Å². The van der Waals surface area contributed by atoms with Crippen LogP contribution in [-0.4, -0.2) is 29.7 Å². The maximum Gasteiger partial charge on any atom is 0.345 e. The van der Waals surface area contributed by atoms with Crippen molar-refractivity contribution in [1.82, 2.24) is 0 Å². The van der Waals surface area contributed by atoms with Gasteiger partial charge in [0.05, 0.1) is 0 Å². The number of hydrogen-bond donors (Lipinski definition) is 2. The van der Waals surface area contributed by atoms with Crippen molar-refractivity contribution in [1.29, 1.82) is 0 Å². The summed E-state index contributed by atoms with van der Waals surface area (Å²) in [5.41, 5.74) is -0.308. The highest BCUT2D eigenvalue weighted by atomic mass is 32.1. The van der Waals surface area contributed by atoms with E-state index in [1.54, 1.807) is 38.1 Å². The SMILES string of the molecule is COC(C)(C)C(=O)Nc1ccc2sc(C(=O)O)cc2c1. The Balaban J connectivity index is 2.28. The topological polar surface area (TPSA) is 75.6 Å². The van der Waals surface area contributed by atoms with Crippen LogP contribution in [0.1, 0.15) is 23.5 Å². The number of carbonyl (C=O) groups excluding carboxylic acids is 1. The largest absolute Gasteiger partial charge is 0.477 e. The molecule has 0 aliphatic heterocycles. The molecule has 106 valence electrons. The van der Waals surface area contributed by atoms with E-state index in [-0.39, 0.29) is 10.8 Å². The van der Waals surface area contributed by atoms with Crippen molar-refractivity contribution in [3.63, 3.8) is 0 Å². The van der Waals surface area contributed by atoms with E-state index in [9.17, 15) is 9.59 Å².